The number of carbonyl (C=O) groups excluding carboxylic acids is 2. The second-order valence-corrected chi connectivity index (χ2v) is 6.22. The van der Waals surface area contributed by atoms with Gasteiger partial charge >= 0.3 is 0 Å². The molecule has 0 saturated carbocycles. The number of benzene rings is 2. The van der Waals surface area contributed by atoms with Crippen LogP contribution in [-0.2, 0) is 16.0 Å². The van der Waals surface area contributed by atoms with Gasteiger partial charge in [0.25, 0.3) is 11.8 Å². The molecule has 1 aliphatic heterocycles. The average Bonchev–Trinajstić information content (AvgIpc) is 2.86. The molecule has 128 valence electrons. The van der Waals surface area contributed by atoms with Crippen LogP contribution >= 0.6 is 11.6 Å². The largest absolute Gasteiger partial charge is 0.350 e. The van der Waals surface area contributed by atoms with Gasteiger partial charge in [-0.3, -0.25) is 14.5 Å². The van der Waals surface area contributed by atoms with Crippen LogP contribution < -0.4 is 5.32 Å². The number of likely N-dealkylation sites (N-methyl/N-ethyl adjacent to an activating group) is 1. The van der Waals surface area contributed by atoms with Crippen molar-refractivity contribution in [2.24, 2.45) is 0 Å². The first-order valence-electron chi connectivity index (χ1n) is 8.27. The lowest BCUT2D eigenvalue weighted by Gasteiger charge is -2.12. The standard InChI is InChI=1S/C20H19ClN2O2/c1-3-13-5-11-16(12-6-13)22-18-17(14-7-9-15(21)10-8-14)19(24)23(4-2)20(18)25/h5-12,22H,3-4H2,1-2H3. The Labute approximate surface area is 152 Å². The predicted molar refractivity (Wildman–Crippen MR) is 100 cm³/mol. The highest BCUT2D eigenvalue weighted by Gasteiger charge is 2.38. The average molecular weight is 355 g/mol. The smallest absolute Gasteiger partial charge is 0.278 e. The monoisotopic (exact) mass is 354 g/mol. The van der Waals surface area contributed by atoms with E-state index in [-0.39, 0.29) is 11.8 Å². The van der Waals surface area contributed by atoms with Gasteiger partial charge in [-0.05, 0) is 48.7 Å². The van der Waals surface area contributed by atoms with Crippen LogP contribution in [0.25, 0.3) is 5.57 Å². The van der Waals surface area contributed by atoms with Gasteiger partial charge in [-0.1, -0.05) is 42.8 Å². The van der Waals surface area contributed by atoms with Crippen molar-refractivity contribution >= 4 is 34.7 Å². The van der Waals surface area contributed by atoms with E-state index in [0.29, 0.717) is 28.4 Å². The Morgan fingerprint density at radius 1 is 0.920 bits per heavy atom. The van der Waals surface area contributed by atoms with Crippen molar-refractivity contribution in [1.82, 2.24) is 4.90 Å². The molecule has 1 aliphatic rings. The number of aryl methyl sites for hydroxylation is 1. The first kappa shape index (κ1) is 17.2. The minimum Gasteiger partial charge on any atom is -0.350 e. The normalized spacial score (nSPS) is 14.4. The number of imide groups is 1. The zero-order valence-corrected chi connectivity index (χ0v) is 14.9. The highest BCUT2D eigenvalue weighted by atomic mass is 35.5. The fourth-order valence-corrected chi connectivity index (χ4v) is 2.96. The Hall–Kier alpha value is -2.59. The van der Waals surface area contributed by atoms with Crippen LogP contribution in [0, 0.1) is 0 Å². The molecule has 0 radical (unpaired) electrons. The Morgan fingerprint density at radius 2 is 1.56 bits per heavy atom. The minimum absolute atomic E-state index is 0.289. The molecule has 0 aliphatic carbocycles. The van der Waals surface area contributed by atoms with E-state index in [1.165, 1.54) is 10.5 Å². The molecule has 2 aromatic rings. The Balaban J connectivity index is 2.03. The van der Waals surface area contributed by atoms with Gasteiger partial charge in [-0.15, -0.1) is 0 Å². The van der Waals surface area contributed by atoms with Crippen LogP contribution in [0.15, 0.2) is 54.2 Å². The first-order chi connectivity index (χ1) is 12.0. The second kappa shape index (κ2) is 7.11. The summed E-state index contributed by atoms with van der Waals surface area (Å²) in [6, 6.07) is 14.8. The quantitative estimate of drug-likeness (QED) is 0.822. The molecule has 0 spiro atoms. The first-order valence-corrected chi connectivity index (χ1v) is 8.65. The second-order valence-electron chi connectivity index (χ2n) is 5.79. The van der Waals surface area contributed by atoms with Crippen LogP contribution in [0.3, 0.4) is 0 Å². The number of nitrogens with one attached hydrogen (secondary N) is 1. The highest BCUT2D eigenvalue weighted by Crippen LogP contribution is 2.31. The van der Waals surface area contributed by atoms with E-state index in [1.54, 1.807) is 31.2 Å². The van der Waals surface area contributed by atoms with E-state index >= 15 is 0 Å². The van der Waals surface area contributed by atoms with E-state index in [0.717, 1.165) is 12.1 Å². The van der Waals surface area contributed by atoms with Crippen LogP contribution in [0.1, 0.15) is 25.0 Å². The number of nitrogens with zero attached hydrogens (tertiary/aromatic N) is 1. The number of anilines is 1. The van der Waals surface area contributed by atoms with Crippen molar-refractivity contribution in [3.63, 3.8) is 0 Å². The molecule has 2 amide bonds. The summed E-state index contributed by atoms with van der Waals surface area (Å²) in [5, 5.41) is 3.72. The summed E-state index contributed by atoms with van der Waals surface area (Å²) in [7, 11) is 0. The van der Waals surface area contributed by atoms with Crippen LogP contribution in [0.4, 0.5) is 5.69 Å². The number of hydrogen-bond donors (Lipinski definition) is 1. The van der Waals surface area contributed by atoms with E-state index in [9.17, 15) is 9.59 Å². The molecule has 2 aromatic carbocycles. The van der Waals surface area contributed by atoms with Crippen molar-refractivity contribution in [2.75, 3.05) is 11.9 Å². The molecule has 0 saturated heterocycles. The lowest BCUT2D eigenvalue weighted by atomic mass is 10.0. The van der Waals surface area contributed by atoms with E-state index in [4.69, 9.17) is 11.6 Å². The summed E-state index contributed by atoms with van der Waals surface area (Å²) in [5.41, 5.74) is 3.34. The molecule has 4 nitrogen and oxygen atoms in total. The third-order valence-electron chi connectivity index (χ3n) is 4.25. The van der Waals surface area contributed by atoms with Gasteiger partial charge in [0, 0.05) is 17.3 Å². The lowest BCUT2D eigenvalue weighted by molar-refractivity contribution is -0.136. The SMILES string of the molecule is CCc1ccc(NC2=C(c3ccc(Cl)cc3)C(=O)N(CC)C2=O)cc1. The van der Waals surface area contributed by atoms with Crippen molar-refractivity contribution < 1.29 is 9.59 Å². The molecule has 1 N–H and O–H groups in total. The van der Waals surface area contributed by atoms with Crippen molar-refractivity contribution in [2.45, 2.75) is 20.3 Å². The summed E-state index contributed by atoms with van der Waals surface area (Å²) in [5.74, 6) is -0.598. The molecule has 3 rings (SSSR count). The predicted octanol–water partition coefficient (Wildman–Crippen LogP) is 4.11. The number of rotatable bonds is 5. The summed E-state index contributed by atoms with van der Waals surface area (Å²) in [4.78, 5) is 26.6. The van der Waals surface area contributed by atoms with E-state index < -0.39 is 0 Å². The summed E-state index contributed by atoms with van der Waals surface area (Å²) in [6.07, 6.45) is 0.944. The third kappa shape index (κ3) is 3.30. The summed E-state index contributed by atoms with van der Waals surface area (Å²) >= 11 is 5.94. The van der Waals surface area contributed by atoms with Gasteiger partial charge in [0.05, 0.1) is 5.57 Å². The topological polar surface area (TPSA) is 49.4 Å². The molecule has 0 bridgehead atoms. The Kier molecular flexibility index (Phi) is 4.91. The van der Waals surface area contributed by atoms with E-state index in [1.807, 2.05) is 24.3 Å². The lowest BCUT2D eigenvalue weighted by Crippen LogP contribution is -2.32. The Bertz CT molecular complexity index is 839. The van der Waals surface area contributed by atoms with Gasteiger partial charge in [0.2, 0.25) is 0 Å². The van der Waals surface area contributed by atoms with Gasteiger partial charge in [0.15, 0.2) is 0 Å². The molecule has 5 heteroatoms. The summed E-state index contributed by atoms with van der Waals surface area (Å²) in [6.45, 7) is 4.20. The Morgan fingerprint density at radius 3 is 2.12 bits per heavy atom. The molecule has 0 aromatic heterocycles. The minimum atomic E-state index is -0.308. The number of amides is 2. The van der Waals surface area contributed by atoms with Crippen LogP contribution in [-0.4, -0.2) is 23.3 Å². The van der Waals surface area contributed by atoms with Gasteiger partial charge in [-0.25, -0.2) is 0 Å². The molecule has 0 atom stereocenters. The molecule has 0 fully saturated rings. The maximum atomic E-state index is 12.7. The van der Waals surface area contributed by atoms with Gasteiger partial charge in [-0.2, -0.15) is 0 Å². The molecule has 0 unspecified atom stereocenters. The molecule has 25 heavy (non-hydrogen) atoms. The van der Waals surface area contributed by atoms with Crippen LogP contribution in [0.2, 0.25) is 5.02 Å². The van der Waals surface area contributed by atoms with Crippen LogP contribution in [0.5, 0.6) is 0 Å². The number of carbonyl (C=O) groups is 2. The zero-order chi connectivity index (χ0) is 18.0. The number of hydrogen-bond acceptors (Lipinski definition) is 3. The summed E-state index contributed by atoms with van der Waals surface area (Å²) < 4.78 is 0. The number of halogens is 1. The highest BCUT2D eigenvalue weighted by molar-refractivity contribution is 6.36. The fraction of sp³-hybridized carbons (Fsp3) is 0.200. The van der Waals surface area contributed by atoms with Gasteiger partial charge in [0.1, 0.15) is 5.70 Å². The van der Waals surface area contributed by atoms with Gasteiger partial charge < -0.3 is 5.32 Å². The molecular formula is C20H19ClN2O2. The zero-order valence-electron chi connectivity index (χ0n) is 14.2. The maximum Gasteiger partial charge on any atom is 0.278 e. The van der Waals surface area contributed by atoms with Crippen molar-refractivity contribution in [3.05, 3.63) is 70.4 Å². The molecule has 1 heterocycles. The maximum absolute atomic E-state index is 12.7. The van der Waals surface area contributed by atoms with Crippen molar-refractivity contribution in [3.8, 4) is 0 Å². The fourth-order valence-electron chi connectivity index (χ4n) is 2.83. The van der Waals surface area contributed by atoms with E-state index in [2.05, 4.69) is 12.2 Å². The molecular weight excluding hydrogens is 336 g/mol. The van der Waals surface area contributed by atoms with Crippen molar-refractivity contribution in [1.29, 1.82) is 0 Å². The third-order valence-corrected chi connectivity index (χ3v) is 4.50.